The van der Waals surface area contributed by atoms with Crippen LogP contribution in [-0.4, -0.2) is 49.8 Å². The van der Waals surface area contributed by atoms with Crippen molar-refractivity contribution in [2.75, 3.05) is 32.8 Å². The lowest BCUT2D eigenvalue weighted by Crippen LogP contribution is -2.52. The van der Waals surface area contributed by atoms with Crippen LogP contribution < -0.4 is 5.32 Å². The fourth-order valence-corrected chi connectivity index (χ4v) is 3.00. The van der Waals surface area contributed by atoms with E-state index in [-0.39, 0.29) is 0 Å². The molecular formula is C15H30N2O. The van der Waals surface area contributed by atoms with Gasteiger partial charge in [-0.15, -0.1) is 0 Å². The number of hydrogen-bond donors (Lipinski definition) is 1. The van der Waals surface area contributed by atoms with Crippen molar-refractivity contribution >= 4 is 0 Å². The van der Waals surface area contributed by atoms with Gasteiger partial charge < -0.3 is 10.1 Å². The summed E-state index contributed by atoms with van der Waals surface area (Å²) in [7, 11) is 0. The molecule has 1 heterocycles. The molecule has 2 unspecified atom stereocenters. The summed E-state index contributed by atoms with van der Waals surface area (Å²) in [5, 5.41) is 3.65. The summed E-state index contributed by atoms with van der Waals surface area (Å²) in [5.74, 6) is 1.03. The quantitative estimate of drug-likeness (QED) is 0.719. The zero-order valence-electron chi connectivity index (χ0n) is 12.2. The zero-order valence-corrected chi connectivity index (χ0v) is 12.2. The number of nitrogens with one attached hydrogen (secondary N) is 1. The van der Waals surface area contributed by atoms with Gasteiger partial charge in [-0.25, -0.2) is 0 Å². The smallest absolute Gasteiger partial charge is 0.0855 e. The van der Waals surface area contributed by atoms with Gasteiger partial charge in [0, 0.05) is 19.1 Å². The Labute approximate surface area is 112 Å². The number of likely N-dealkylation sites (N-methyl/N-ethyl adjacent to an activating group) is 1. The van der Waals surface area contributed by atoms with Gasteiger partial charge in [0.25, 0.3) is 0 Å². The molecule has 0 spiro atoms. The van der Waals surface area contributed by atoms with Crippen LogP contribution in [0.25, 0.3) is 0 Å². The van der Waals surface area contributed by atoms with Gasteiger partial charge in [0.1, 0.15) is 0 Å². The maximum Gasteiger partial charge on any atom is 0.0855 e. The van der Waals surface area contributed by atoms with Crippen molar-refractivity contribution in [2.24, 2.45) is 5.92 Å². The first kappa shape index (κ1) is 14.3. The molecule has 2 fully saturated rings. The second-order valence-electron chi connectivity index (χ2n) is 5.89. The lowest BCUT2D eigenvalue weighted by Gasteiger charge is -2.37. The molecule has 2 rings (SSSR count). The van der Waals surface area contributed by atoms with Gasteiger partial charge in [0.05, 0.1) is 12.7 Å². The van der Waals surface area contributed by atoms with Gasteiger partial charge in [-0.05, 0) is 38.3 Å². The minimum absolute atomic E-state index is 0.406. The van der Waals surface area contributed by atoms with Crippen molar-refractivity contribution in [3.8, 4) is 0 Å². The molecule has 1 N–H and O–H groups in total. The molecule has 0 aromatic rings. The van der Waals surface area contributed by atoms with Gasteiger partial charge >= 0.3 is 0 Å². The maximum atomic E-state index is 6.02. The minimum atomic E-state index is 0.406. The van der Waals surface area contributed by atoms with E-state index in [0.29, 0.717) is 12.1 Å². The number of nitrogens with zero attached hydrogens (tertiary/aromatic N) is 1. The molecular weight excluding hydrogens is 224 g/mol. The molecule has 1 aliphatic carbocycles. The van der Waals surface area contributed by atoms with Gasteiger partial charge in [-0.1, -0.05) is 26.7 Å². The molecule has 0 amide bonds. The minimum Gasteiger partial charge on any atom is -0.374 e. The van der Waals surface area contributed by atoms with E-state index in [4.69, 9.17) is 4.74 Å². The van der Waals surface area contributed by atoms with Crippen LogP contribution >= 0.6 is 0 Å². The Morgan fingerprint density at radius 3 is 2.83 bits per heavy atom. The Hall–Kier alpha value is -0.120. The largest absolute Gasteiger partial charge is 0.374 e. The Balaban J connectivity index is 1.78. The van der Waals surface area contributed by atoms with Crippen LogP contribution in [0.1, 0.15) is 46.0 Å². The average molecular weight is 254 g/mol. The first-order chi connectivity index (χ1) is 8.83. The zero-order chi connectivity index (χ0) is 12.8. The molecule has 0 aromatic heterocycles. The topological polar surface area (TPSA) is 24.5 Å². The van der Waals surface area contributed by atoms with Crippen molar-refractivity contribution in [2.45, 2.75) is 58.1 Å². The molecule has 1 saturated heterocycles. The van der Waals surface area contributed by atoms with Crippen LogP contribution in [0.4, 0.5) is 0 Å². The Morgan fingerprint density at radius 2 is 2.17 bits per heavy atom. The standard InChI is InChI=1S/C15H30N2O/c1-3-9-17-10-11-18-15(12-17)14(16-4-2)8-7-13-5-6-13/h13-16H,3-12H2,1-2H3. The van der Waals surface area contributed by atoms with Crippen molar-refractivity contribution in [3.05, 3.63) is 0 Å². The van der Waals surface area contributed by atoms with E-state index in [9.17, 15) is 0 Å². The third-order valence-electron chi connectivity index (χ3n) is 4.22. The predicted molar refractivity (Wildman–Crippen MR) is 75.9 cm³/mol. The van der Waals surface area contributed by atoms with Gasteiger partial charge in [0.15, 0.2) is 0 Å². The first-order valence-electron chi connectivity index (χ1n) is 7.90. The Bertz CT molecular complexity index is 229. The van der Waals surface area contributed by atoms with Crippen LogP contribution in [-0.2, 0) is 4.74 Å². The molecule has 3 heteroatoms. The summed E-state index contributed by atoms with van der Waals surface area (Å²) in [6.45, 7) is 9.90. The number of morpholine rings is 1. The van der Waals surface area contributed by atoms with Crippen LogP contribution in [0.15, 0.2) is 0 Å². The number of hydrogen-bond acceptors (Lipinski definition) is 3. The summed E-state index contributed by atoms with van der Waals surface area (Å²) in [5.41, 5.74) is 0. The molecule has 1 saturated carbocycles. The number of rotatable bonds is 8. The molecule has 3 nitrogen and oxygen atoms in total. The van der Waals surface area contributed by atoms with E-state index >= 15 is 0 Å². The monoisotopic (exact) mass is 254 g/mol. The lowest BCUT2D eigenvalue weighted by molar-refractivity contribution is -0.0477. The Kier molecular flexibility index (Phi) is 5.93. The van der Waals surface area contributed by atoms with Crippen molar-refractivity contribution in [1.82, 2.24) is 10.2 Å². The summed E-state index contributed by atoms with van der Waals surface area (Å²) in [6.07, 6.45) is 7.28. The van der Waals surface area contributed by atoms with E-state index in [1.807, 2.05) is 0 Å². The highest BCUT2D eigenvalue weighted by atomic mass is 16.5. The third-order valence-corrected chi connectivity index (χ3v) is 4.22. The molecule has 2 atom stereocenters. The summed E-state index contributed by atoms with van der Waals surface area (Å²) in [4.78, 5) is 2.57. The Morgan fingerprint density at radius 1 is 1.33 bits per heavy atom. The van der Waals surface area contributed by atoms with Crippen LogP contribution in [0.2, 0.25) is 0 Å². The van der Waals surface area contributed by atoms with E-state index in [2.05, 4.69) is 24.1 Å². The second kappa shape index (κ2) is 7.46. The molecule has 0 bridgehead atoms. The molecule has 0 aromatic carbocycles. The van der Waals surface area contributed by atoms with Gasteiger partial charge in [-0.2, -0.15) is 0 Å². The van der Waals surface area contributed by atoms with Crippen molar-refractivity contribution in [3.63, 3.8) is 0 Å². The number of ether oxygens (including phenoxy) is 1. The fraction of sp³-hybridized carbons (Fsp3) is 1.00. The normalized spacial score (nSPS) is 27.3. The van der Waals surface area contributed by atoms with Gasteiger partial charge in [0.2, 0.25) is 0 Å². The highest BCUT2D eigenvalue weighted by Crippen LogP contribution is 2.34. The maximum absolute atomic E-state index is 6.02. The average Bonchev–Trinajstić information content (AvgIpc) is 3.19. The van der Waals surface area contributed by atoms with Crippen molar-refractivity contribution < 1.29 is 4.74 Å². The van der Waals surface area contributed by atoms with Crippen LogP contribution in [0, 0.1) is 5.92 Å². The molecule has 1 aliphatic heterocycles. The van der Waals surface area contributed by atoms with E-state index in [1.54, 1.807) is 0 Å². The molecule has 2 aliphatic rings. The first-order valence-corrected chi connectivity index (χ1v) is 7.90. The van der Waals surface area contributed by atoms with E-state index in [0.717, 1.165) is 32.2 Å². The lowest BCUT2D eigenvalue weighted by atomic mass is 10.0. The summed E-state index contributed by atoms with van der Waals surface area (Å²) >= 11 is 0. The van der Waals surface area contributed by atoms with E-state index in [1.165, 1.54) is 38.6 Å². The van der Waals surface area contributed by atoms with E-state index < -0.39 is 0 Å². The van der Waals surface area contributed by atoms with Gasteiger partial charge in [-0.3, -0.25) is 4.90 Å². The predicted octanol–water partition coefficient (Wildman–Crippen LogP) is 2.27. The summed E-state index contributed by atoms with van der Waals surface area (Å²) in [6, 6.07) is 0.565. The fourth-order valence-electron chi connectivity index (χ4n) is 3.00. The molecule has 106 valence electrons. The third kappa shape index (κ3) is 4.52. The molecule has 18 heavy (non-hydrogen) atoms. The van der Waals surface area contributed by atoms with Crippen LogP contribution in [0.5, 0.6) is 0 Å². The SMILES string of the molecule is CCCN1CCOC(C(CCC2CC2)NCC)C1. The van der Waals surface area contributed by atoms with Crippen LogP contribution in [0.3, 0.4) is 0 Å². The van der Waals surface area contributed by atoms with Crippen molar-refractivity contribution in [1.29, 1.82) is 0 Å². The highest BCUT2D eigenvalue weighted by molar-refractivity contribution is 4.85. The highest BCUT2D eigenvalue weighted by Gasteiger charge is 2.29. The second-order valence-corrected chi connectivity index (χ2v) is 5.89. The summed E-state index contributed by atoms with van der Waals surface area (Å²) < 4.78 is 6.02. The molecule has 0 radical (unpaired) electrons.